The molecule has 0 fully saturated rings. The first-order valence-corrected chi connectivity index (χ1v) is 4.17. The van der Waals surface area contributed by atoms with E-state index in [9.17, 15) is 0 Å². The molecule has 0 aliphatic heterocycles. The van der Waals surface area contributed by atoms with Crippen molar-refractivity contribution in [2.24, 2.45) is 4.99 Å². The molecule has 3 nitrogen and oxygen atoms in total. The SMILES string of the molecule is C=Cc1c(N=C)ncn1C(C)(C)C. The summed E-state index contributed by atoms with van der Waals surface area (Å²) in [7, 11) is 0. The van der Waals surface area contributed by atoms with Crippen LogP contribution in [0.4, 0.5) is 5.82 Å². The summed E-state index contributed by atoms with van der Waals surface area (Å²) in [5, 5.41) is 0. The van der Waals surface area contributed by atoms with E-state index in [1.807, 2.05) is 4.57 Å². The highest BCUT2D eigenvalue weighted by molar-refractivity contribution is 5.58. The Morgan fingerprint density at radius 2 is 2.15 bits per heavy atom. The zero-order valence-electron chi connectivity index (χ0n) is 8.41. The molecule has 1 rings (SSSR count). The third-order valence-corrected chi connectivity index (χ3v) is 1.85. The summed E-state index contributed by atoms with van der Waals surface area (Å²) in [6, 6.07) is 0. The Labute approximate surface area is 78.8 Å². The van der Waals surface area contributed by atoms with E-state index in [2.05, 4.69) is 44.0 Å². The fourth-order valence-electron chi connectivity index (χ4n) is 1.19. The summed E-state index contributed by atoms with van der Waals surface area (Å²) in [6.07, 6.45) is 3.52. The highest BCUT2D eigenvalue weighted by Gasteiger charge is 2.17. The molecule has 0 saturated carbocycles. The number of hydrogen-bond donors (Lipinski definition) is 0. The fourth-order valence-corrected chi connectivity index (χ4v) is 1.19. The third-order valence-electron chi connectivity index (χ3n) is 1.85. The van der Waals surface area contributed by atoms with Crippen LogP contribution in [0.25, 0.3) is 6.08 Å². The van der Waals surface area contributed by atoms with Crippen molar-refractivity contribution >= 4 is 18.6 Å². The van der Waals surface area contributed by atoms with Crippen molar-refractivity contribution < 1.29 is 0 Å². The quantitative estimate of drug-likeness (QED) is 0.639. The van der Waals surface area contributed by atoms with Gasteiger partial charge >= 0.3 is 0 Å². The van der Waals surface area contributed by atoms with E-state index in [-0.39, 0.29) is 5.54 Å². The maximum atomic E-state index is 4.13. The summed E-state index contributed by atoms with van der Waals surface area (Å²) in [5.41, 5.74) is 0.918. The maximum Gasteiger partial charge on any atom is 0.176 e. The zero-order chi connectivity index (χ0) is 10.1. The van der Waals surface area contributed by atoms with Crippen molar-refractivity contribution in [1.82, 2.24) is 9.55 Å². The van der Waals surface area contributed by atoms with Gasteiger partial charge in [0.2, 0.25) is 0 Å². The lowest BCUT2D eigenvalue weighted by molar-refractivity contribution is 0.394. The summed E-state index contributed by atoms with van der Waals surface area (Å²) in [4.78, 5) is 7.96. The molecule has 0 bridgehead atoms. The smallest absolute Gasteiger partial charge is 0.176 e. The average molecular weight is 177 g/mol. The van der Waals surface area contributed by atoms with Crippen molar-refractivity contribution in [3.63, 3.8) is 0 Å². The molecule has 0 aromatic carbocycles. The molecule has 0 aliphatic rings. The largest absolute Gasteiger partial charge is 0.324 e. The van der Waals surface area contributed by atoms with Gasteiger partial charge in [-0.3, -0.25) is 0 Å². The van der Waals surface area contributed by atoms with Crippen molar-refractivity contribution in [2.45, 2.75) is 26.3 Å². The molecule has 1 aromatic heterocycles. The molecule has 1 aromatic rings. The van der Waals surface area contributed by atoms with Gasteiger partial charge in [0.1, 0.15) is 0 Å². The maximum absolute atomic E-state index is 4.13. The minimum atomic E-state index is -0.000532. The molecule has 0 radical (unpaired) electrons. The first-order chi connectivity index (χ1) is 6.00. The van der Waals surface area contributed by atoms with Crippen LogP contribution >= 0.6 is 0 Å². The van der Waals surface area contributed by atoms with Crippen molar-refractivity contribution in [1.29, 1.82) is 0 Å². The van der Waals surface area contributed by atoms with Crippen LogP contribution in [0.5, 0.6) is 0 Å². The normalized spacial score (nSPS) is 11.3. The molecule has 0 unspecified atom stereocenters. The molecule has 0 spiro atoms. The second-order valence-corrected chi connectivity index (χ2v) is 3.86. The van der Waals surface area contributed by atoms with Crippen molar-refractivity contribution in [3.05, 3.63) is 18.6 Å². The number of aromatic nitrogens is 2. The fraction of sp³-hybridized carbons (Fsp3) is 0.400. The second-order valence-electron chi connectivity index (χ2n) is 3.86. The Morgan fingerprint density at radius 1 is 1.54 bits per heavy atom. The monoisotopic (exact) mass is 177 g/mol. The third kappa shape index (κ3) is 1.69. The van der Waals surface area contributed by atoms with E-state index >= 15 is 0 Å². The minimum absolute atomic E-state index is 0.000532. The van der Waals surface area contributed by atoms with E-state index in [1.165, 1.54) is 0 Å². The number of hydrogen-bond acceptors (Lipinski definition) is 2. The van der Waals surface area contributed by atoms with Gasteiger partial charge in [-0.25, -0.2) is 9.98 Å². The van der Waals surface area contributed by atoms with Crippen LogP contribution in [0.3, 0.4) is 0 Å². The van der Waals surface area contributed by atoms with Gasteiger partial charge in [-0.2, -0.15) is 0 Å². The van der Waals surface area contributed by atoms with Crippen LogP contribution in [0.2, 0.25) is 0 Å². The summed E-state index contributed by atoms with van der Waals surface area (Å²) in [6.45, 7) is 13.5. The molecule has 3 heteroatoms. The van der Waals surface area contributed by atoms with E-state index in [0.29, 0.717) is 5.82 Å². The standard InChI is InChI=1S/C10H15N3/c1-6-8-9(11-5)12-7-13(8)10(2,3)4/h6-7H,1,5H2,2-4H3. The molecule has 70 valence electrons. The van der Waals surface area contributed by atoms with Crippen molar-refractivity contribution in [2.75, 3.05) is 0 Å². The molecule has 0 amide bonds. The lowest BCUT2D eigenvalue weighted by atomic mass is 10.1. The molecular formula is C10H15N3. The number of nitrogens with zero attached hydrogens (tertiary/aromatic N) is 3. The zero-order valence-corrected chi connectivity index (χ0v) is 8.41. The average Bonchev–Trinajstić information content (AvgIpc) is 2.45. The van der Waals surface area contributed by atoms with E-state index in [1.54, 1.807) is 12.4 Å². The summed E-state index contributed by atoms with van der Waals surface area (Å²) < 4.78 is 2.03. The number of imidazole rings is 1. The van der Waals surface area contributed by atoms with E-state index < -0.39 is 0 Å². The van der Waals surface area contributed by atoms with Gasteiger partial charge in [0, 0.05) is 5.54 Å². The Balaban J connectivity index is 3.31. The molecule has 0 atom stereocenters. The molecule has 0 saturated heterocycles. The first kappa shape index (κ1) is 9.71. The molecule has 0 N–H and O–H groups in total. The van der Waals surface area contributed by atoms with Crippen LogP contribution < -0.4 is 0 Å². The Hall–Kier alpha value is -1.38. The van der Waals surface area contributed by atoms with Crippen molar-refractivity contribution in [3.8, 4) is 0 Å². The van der Waals surface area contributed by atoms with Gasteiger partial charge in [0.05, 0.1) is 12.0 Å². The molecular weight excluding hydrogens is 162 g/mol. The van der Waals surface area contributed by atoms with Crippen LogP contribution in [0.1, 0.15) is 26.5 Å². The first-order valence-electron chi connectivity index (χ1n) is 4.17. The summed E-state index contributed by atoms with van der Waals surface area (Å²) in [5.74, 6) is 0.643. The van der Waals surface area contributed by atoms with Gasteiger partial charge in [0.15, 0.2) is 5.82 Å². The molecule has 1 heterocycles. The summed E-state index contributed by atoms with van der Waals surface area (Å²) >= 11 is 0. The highest BCUT2D eigenvalue weighted by atomic mass is 15.1. The predicted molar refractivity (Wildman–Crippen MR) is 56.5 cm³/mol. The second kappa shape index (κ2) is 3.17. The van der Waals surface area contributed by atoms with Gasteiger partial charge in [-0.05, 0) is 33.6 Å². The Bertz CT molecular complexity index is 328. The van der Waals surface area contributed by atoms with Crippen LogP contribution in [0.15, 0.2) is 17.9 Å². The predicted octanol–water partition coefficient (Wildman–Crippen LogP) is 2.61. The number of aliphatic imine (C=N–C) groups is 1. The lowest BCUT2D eigenvalue weighted by Gasteiger charge is -2.22. The topological polar surface area (TPSA) is 30.2 Å². The van der Waals surface area contributed by atoms with E-state index in [4.69, 9.17) is 0 Å². The Morgan fingerprint density at radius 3 is 2.54 bits per heavy atom. The van der Waals surface area contributed by atoms with Gasteiger partial charge in [-0.1, -0.05) is 6.58 Å². The van der Waals surface area contributed by atoms with Crippen LogP contribution in [-0.2, 0) is 5.54 Å². The van der Waals surface area contributed by atoms with Crippen LogP contribution in [-0.4, -0.2) is 16.3 Å². The van der Waals surface area contributed by atoms with Gasteiger partial charge in [0.25, 0.3) is 0 Å². The van der Waals surface area contributed by atoms with E-state index in [0.717, 1.165) is 5.69 Å². The van der Waals surface area contributed by atoms with Crippen LogP contribution in [0, 0.1) is 0 Å². The van der Waals surface area contributed by atoms with Gasteiger partial charge in [-0.15, -0.1) is 0 Å². The highest BCUT2D eigenvalue weighted by Crippen LogP contribution is 2.24. The molecule has 13 heavy (non-hydrogen) atoms. The molecule has 0 aliphatic carbocycles. The lowest BCUT2D eigenvalue weighted by Crippen LogP contribution is -2.21. The Kier molecular flexibility index (Phi) is 2.36. The minimum Gasteiger partial charge on any atom is -0.324 e. The number of rotatable bonds is 2. The van der Waals surface area contributed by atoms with Gasteiger partial charge < -0.3 is 4.57 Å².